The first-order chi connectivity index (χ1) is 7.13. The van der Waals surface area contributed by atoms with Crippen LogP contribution in [-0.4, -0.2) is 18.4 Å². The lowest BCUT2D eigenvalue weighted by molar-refractivity contribution is 0.0982. The number of thiophene rings is 1. The summed E-state index contributed by atoms with van der Waals surface area (Å²) in [4.78, 5) is 11.6. The maximum Gasteiger partial charge on any atom is 0.165 e. The number of rotatable bonds is 6. The molecule has 2 nitrogen and oxygen atoms in total. The molecule has 0 aliphatic rings. The molecule has 1 N–H and O–H groups in total. The van der Waals surface area contributed by atoms with E-state index in [1.807, 2.05) is 5.38 Å². The molecule has 0 saturated carbocycles. The van der Waals surface area contributed by atoms with Gasteiger partial charge in [0.15, 0.2) is 5.78 Å². The molecule has 15 heavy (non-hydrogen) atoms. The molecule has 0 aliphatic heterocycles. The lowest BCUT2D eigenvalue weighted by Crippen LogP contribution is -2.27. The summed E-state index contributed by atoms with van der Waals surface area (Å²) in [5.74, 6) is 0.161. The molecule has 1 heterocycles. The second-order valence-corrected chi connectivity index (χ2v) is 5.12. The Bertz CT molecular complexity index is 324. The predicted molar refractivity (Wildman–Crippen MR) is 66.0 cm³/mol. The third-order valence-corrected chi connectivity index (χ3v) is 3.44. The van der Waals surface area contributed by atoms with Crippen molar-refractivity contribution < 1.29 is 4.79 Å². The molecule has 84 valence electrons. The molecule has 0 bridgehead atoms. The van der Waals surface area contributed by atoms with E-state index in [4.69, 9.17) is 11.6 Å². The van der Waals surface area contributed by atoms with Gasteiger partial charge in [-0.1, -0.05) is 18.5 Å². The van der Waals surface area contributed by atoms with Crippen LogP contribution in [-0.2, 0) is 0 Å². The molecule has 0 radical (unpaired) electrons. The Labute approximate surface area is 99.6 Å². The number of carbonyl (C=O) groups excluding carboxylic acids is 1. The van der Waals surface area contributed by atoms with Crippen LogP contribution in [0, 0.1) is 0 Å². The van der Waals surface area contributed by atoms with Gasteiger partial charge in [0.05, 0.1) is 4.34 Å². The van der Waals surface area contributed by atoms with Crippen LogP contribution in [0.3, 0.4) is 0 Å². The average Bonchev–Trinajstić information content (AvgIpc) is 2.64. The molecule has 1 aromatic heterocycles. The van der Waals surface area contributed by atoms with E-state index in [9.17, 15) is 4.79 Å². The van der Waals surface area contributed by atoms with Crippen molar-refractivity contribution in [3.8, 4) is 0 Å². The van der Waals surface area contributed by atoms with E-state index in [-0.39, 0.29) is 5.78 Å². The highest BCUT2D eigenvalue weighted by Crippen LogP contribution is 2.20. The zero-order valence-corrected chi connectivity index (χ0v) is 10.6. The van der Waals surface area contributed by atoms with E-state index in [2.05, 4.69) is 19.2 Å². The normalized spacial score (nSPS) is 12.7. The summed E-state index contributed by atoms with van der Waals surface area (Å²) in [6.45, 7) is 4.98. The third-order valence-electron chi connectivity index (χ3n) is 2.35. The summed E-state index contributed by atoms with van der Waals surface area (Å²) in [6, 6.07) is 2.21. The molecule has 0 saturated heterocycles. The van der Waals surface area contributed by atoms with Crippen LogP contribution in [0.2, 0.25) is 4.34 Å². The minimum atomic E-state index is 0.161. The first-order valence-electron chi connectivity index (χ1n) is 5.14. The van der Waals surface area contributed by atoms with Gasteiger partial charge in [-0.25, -0.2) is 0 Å². The topological polar surface area (TPSA) is 29.1 Å². The maximum atomic E-state index is 11.6. The van der Waals surface area contributed by atoms with Crippen molar-refractivity contribution in [2.45, 2.75) is 32.7 Å². The van der Waals surface area contributed by atoms with Crippen LogP contribution < -0.4 is 5.32 Å². The zero-order valence-electron chi connectivity index (χ0n) is 9.05. The SMILES string of the molecule is CCC(C)NCCC(=O)c1csc(Cl)c1. The molecule has 0 spiro atoms. The molecule has 0 amide bonds. The summed E-state index contributed by atoms with van der Waals surface area (Å²) in [5.41, 5.74) is 0.732. The van der Waals surface area contributed by atoms with Crippen molar-refractivity contribution in [3.63, 3.8) is 0 Å². The number of carbonyl (C=O) groups is 1. The van der Waals surface area contributed by atoms with Crippen molar-refractivity contribution in [3.05, 3.63) is 21.3 Å². The fourth-order valence-corrected chi connectivity index (χ4v) is 2.06. The monoisotopic (exact) mass is 245 g/mol. The van der Waals surface area contributed by atoms with Gasteiger partial charge in [-0.2, -0.15) is 0 Å². The maximum absolute atomic E-state index is 11.6. The van der Waals surface area contributed by atoms with Crippen LogP contribution >= 0.6 is 22.9 Å². The summed E-state index contributed by atoms with van der Waals surface area (Å²) < 4.78 is 0.674. The number of hydrogen-bond donors (Lipinski definition) is 1. The number of Topliss-reactive ketones (excluding diaryl/α,β-unsaturated/α-hetero) is 1. The van der Waals surface area contributed by atoms with Gasteiger partial charge in [0.1, 0.15) is 0 Å². The van der Waals surface area contributed by atoms with Gasteiger partial charge in [0.25, 0.3) is 0 Å². The average molecular weight is 246 g/mol. The summed E-state index contributed by atoms with van der Waals surface area (Å²) in [7, 11) is 0. The highest BCUT2D eigenvalue weighted by atomic mass is 35.5. The lowest BCUT2D eigenvalue weighted by atomic mass is 10.1. The highest BCUT2D eigenvalue weighted by molar-refractivity contribution is 7.14. The van der Waals surface area contributed by atoms with E-state index in [1.165, 1.54) is 11.3 Å². The molecule has 0 aromatic carbocycles. The second-order valence-electron chi connectivity index (χ2n) is 3.58. The van der Waals surface area contributed by atoms with Crippen LogP contribution in [0.4, 0.5) is 0 Å². The molecule has 0 aliphatic carbocycles. The van der Waals surface area contributed by atoms with Crippen LogP contribution in [0.15, 0.2) is 11.4 Å². The molecule has 1 aromatic rings. The van der Waals surface area contributed by atoms with Gasteiger partial charge in [0, 0.05) is 30.0 Å². The molecule has 1 atom stereocenters. The van der Waals surface area contributed by atoms with Crippen LogP contribution in [0.25, 0.3) is 0 Å². The Morgan fingerprint density at radius 2 is 2.40 bits per heavy atom. The van der Waals surface area contributed by atoms with Crippen LogP contribution in [0.1, 0.15) is 37.0 Å². The zero-order chi connectivity index (χ0) is 11.3. The molecule has 4 heteroatoms. The summed E-state index contributed by atoms with van der Waals surface area (Å²) in [6.07, 6.45) is 1.62. The highest BCUT2D eigenvalue weighted by Gasteiger charge is 2.08. The Morgan fingerprint density at radius 1 is 1.67 bits per heavy atom. The lowest BCUT2D eigenvalue weighted by Gasteiger charge is -2.09. The van der Waals surface area contributed by atoms with Crippen molar-refractivity contribution in [2.75, 3.05) is 6.54 Å². The third kappa shape index (κ3) is 4.33. The van der Waals surface area contributed by atoms with Gasteiger partial charge in [0.2, 0.25) is 0 Å². The molecular weight excluding hydrogens is 230 g/mol. The van der Waals surface area contributed by atoms with Gasteiger partial charge in [-0.3, -0.25) is 4.79 Å². The largest absolute Gasteiger partial charge is 0.314 e. The quantitative estimate of drug-likeness (QED) is 0.779. The standard InChI is InChI=1S/C11H16ClNOS/c1-3-8(2)13-5-4-10(14)9-6-11(12)15-7-9/h6-8,13H,3-5H2,1-2H3. The Hall–Kier alpha value is -0.380. The second kappa shape index (κ2) is 6.26. The van der Waals surface area contributed by atoms with E-state index >= 15 is 0 Å². The van der Waals surface area contributed by atoms with Crippen molar-refractivity contribution in [1.29, 1.82) is 0 Å². The minimum absolute atomic E-state index is 0.161. The van der Waals surface area contributed by atoms with E-state index < -0.39 is 0 Å². The molecule has 0 fully saturated rings. The smallest absolute Gasteiger partial charge is 0.165 e. The summed E-state index contributed by atoms with van der Waals surface area (Å²) >= 11 is 7.16. The Balaban J connectivity index is 2.31. The molecular formula is C11H16ClNOS. The summed E-state index contributed by atoms with van der Waals surface area (Å²) in [5, 5.41) is 5.10. The minimum Gasteiger partial charge on any atom is -0.314 e. The Morgan fingerprint density at radius 3 is 2.93 bits per heavy atom. The predicted octanol–water partition coefficient (Wildman–Crippen LogP) is 3.36. The number of halogens is 1. The van der Waals surface area contributed by atoms with E-state index in [1.54, 1.807) is 6.07 Å². The molecule has 1 rings (SSSR count). The van der Waals surface area contributed by atoms with Gasteiger partial charge >= 0.3 is 0 Å². The van der Waals surface area contributed by atoms with Gasteiger partial charge in [-0.05, 0) is 19.4 Å². The van der Waals surface area contributed by atoms with Crippen LogP contribution in [0.5, 0.6) is 0 Å². The van der Waals surface area contributed by atoms with E-state index in [0.29, 0.717) is 16.8 Å². The van der Waals surface area contributed by atoms with Crippen molar-refractivity contribution in [2.24, 2.45) is 0 Å². The Kier molecular flexibility index (Phi) is 5.29. The van der Waals surface area contributed by atoms with Gasteiger partial charge in [-0.15, -0.1) is 11.3 Å². The number of ketones is 1. The van der Waals surface area contributed by atoms with Crippen molar-refractivity contribution in [1.82, 2.24) is 5.32 Å². The molecule has 1 unspecified atom stereocenters. The number of nitrogens with one attached hydrogen (secondary N) is 1. The number of hydrogen-bond acceptors (Lipinski definition) is 3. The van der Waals surface area contributed by atoms with Gasteiger partial charge < -0.3 is 5.32 Å². The first kappa shape index (κ1) is 12.7. The fraction of sp³-hybridized carbons (Fsp3) is 0.545. The fourth-order valence-electron chi connectivity index (χ4n) is 1.18. The van der Waals surface area contributed by atoms with Crippen molar-refractivity contribution >= 4 is 28.7 Å². The van der Waals surface area contributed by atoms with E-state index in [0.717, 1.165) is 18.5 Å². The first-order valence-corrected chi connectivity index (χ1v) is 6.40.